The van der Waals surface area contributed by atoms with Gasteiger partial charge in [0.05, 0.1) is 6.61 Å². The molecule has 1 atom stereocenters. The molecule has 0 bridgehead atoms. The second-order valence-corrected chi connectivity index (χ2v) is 4.24. The first-order valence-corrected chi connectivity index (χ1v) is 5.96. The third-order valence-corrected chi connectivity index (χ3v) is 2.77. The van der Waals surface area contributed by atoms with E-state index in [2.05, 4.69) is 9.47 Å². The molecule has 0 saturated heterocycles. The number of hydrogen-bond acceptors (Lipinski definition) is 4. The molecule has 1 N–H and O–H groups in total. The van der Waals surface area contributed by atoms with Crippen molar-refractivity contribution in [3.63, 3.8) is 0 Å². The highest BCUT2D eigenvalue weighted by Gasteiger charge is 2.58. The third kappa shape index (κ3) is 3.44. The van der Waals surface area contributed by atoms with E-state index in [0.29, 0.717) is 6.92 Å². The molecule has 21 heavy (non-hydrogen) atoms. The van der Waals surface area contributed by atoms with Crippen LogP contribution in [0.15, 0.2) is 24.3 Å². The van der Waals surface area contributed by atoms with Crippen LogP contribution in [0, 0.1) is 0 Å². The summed E-state index contributed by atoms with van der Waals surface area (Å²) in [5, 5.41) is 10.0. The summed E-state index contributed by atoms with van der Waals surface area (Å²) >= 11 is 0. The molecular weight excluding hydrogens is 296 g/mol. The average molecular weight is 310 g/mol. The highest BCUT2D eigenvalue weighted by atomic mass is 19.3. The molecule has 0 spiro atoms. The molecule has 0 radical (unpaired) electrons. The van der Waals surface area contributed by atoms with Gasteiger partial charge < -0.3 is 14.6 Å². The van der Waals surface area contributed by atoms with Crippen molar-refractivity contribution in [1.82, 2.24) is 0 Å². The molecule has 1 rings (SSSR count). The summed E-state index contributed by atoms with van der Waals surface area (Å²) in [5.41, 5.74) is -3.73. The number of carbonyl (C=O) groups excluding carboxylic acids is 1. The van der Waals surface area contributed by atoms with Crippen LogP contribution in [-0.4, -0.2) is 30.2 Å². The zero-order chi connectivity index (χ0) is 16.3. The van der Waals surface area contributed by atoms with E-state index >= 15 is 0 Å². The number of benzene rings is 1. The minimum Gasteiger partial charge on any atom is -0.461 e. The lowest BCUT2D eigenvalue weighted by atomic mass is 9.88. The van der Waals surface area contributed by atoms with Crippen LogP contribution in [0.1, 0.15) is 19.4 Å². The summed E-state index contributed by atoms with van der Waals surface area (Å²) in [4.78, 5) is 11.3. The van der Waals surface area contributed by atoms with Crippen molar-refractivity contribution in [3.05, 3.63) is 29.8 Å². The van der Waals surface area contributed by atoms with Crippen LogP contribution in [-0.2, 0) is 15.1 Å². The quantitative estimate of drug-likeness (QED) is 0.648. The van der Waals surface area contributed by atoms with E-state index in [1.807, 2.05) is 0 Å². The Bertz CT molecular complexity index is 503. The number of ether oxygens (including phenoxy) is 2. The molecule has 0 fully saturated rings. The fourth-order valence-electron chi connectivity index (χ4n) is 1.66. The summed E-state index contributed by atoms with van der Waals surface area (Å²) < 4.78 is 60.9. The summed E-state index contributed by atoms with van der Waals surface area (Å²) in [5.74, 6) is -6.95. The molecule has 1 aromatic rings. The van der Waals surface area contributed by atoms with Gasteiger partial charge >= 0.3 is 18.5 Å². The fourth-order valence-corrected chi connectivity index (χ4v) is 1.66. The Morgan fingerprint density at radius 3 is 2.43 bits per heavy atom. The maximum Gasteiger partial charge on any atom is 0.387 e. The molecule has 0 aliphatic carbocycles. The minimum atomic E-state index is -4.34. The van der Waals surface area contributed by atoms with Gasteiger partial charge in [0.15, 0.2) is 5.60 Å². The molecule has 118 valence electrons. The zero-order valence-corrected chi connectivity index (χ0v) is 11.3. The normalized spacial score (nSPS) is 14.7. The molecule has 8 heteroatoms. The molecule has 0 amide bonds. The lowest BCUT2D eigenvalue weighted by Gasteiger charge is -2.32. The van der Waals surface area contributed by atoms with Crippen molar-refractivity contribution in [2.75, 3.05) is 6.61 Å². The Hall–Kier alpha value is -1.83. The van der Waals surface area contributed by atoms with Gasteiger partial charge in [0.1, 0.15) is 5.75 Å². The number of rotatable bonds is 6. The van der Waals surface area contributed by atoms with Gasteiger partial charge in [-0.3, -0.25) is 0 Å². The number of esters is 1. The Morgan fingerprint density at radius 2 is 1.90 bits per heavy atom. The van der Waals surface area contributed by atoms with Gasteiger partial charge in [0.25, 0.3) is 0 Å². The molecule has 0 saturated carbocycles. The first-order chi connectivity index (χ1) is 9.64. The van der Waals surface area contributed by atoms with E-state index in [9.17, 15) is 27.5 Å². The molecule has 4 nitrogen and oxygen atoms in total. The standard InChI is InChI=1S/C13H14F4O4/c1-3-20-10(18)13(16,17)12(2,19)8-6-4-5-7-9(8)21-11(14)15/h4-7,11,19H,3H2,1-2H3. The van der Waals surface area contributed by atoms with Gasteiger partial charge in [-0.1, -0.05) is 18.2 Å². The van der Waals surface area contributed by atoms with Gasteiger partial charge in [0.2, 0.25) is 0 Å². The van der Waals surface area contributed by atoms with Crippen LogP contribution < -0.4 is 4.74 Å². The highest BCUT2D eigenvalue weighted by molar-refractivity contribution is 5.79. The summed E-state index contributed by atoms with van der Waals surface area (Å²) in [7, 11) is 0. The molecule has 0 heterocycles. The topological polar surface area (TPSA) is 55.8 Å². The van der Waals surface area contributed by atoms with Crippen LogP contribution in [0.4, 0.5) is 17.6 Å². The van der Waals surface area contributed by atoms with Crippen LogP contribution >= 0.6 is 0 Å². The maximum absolute atomic E-state index is 14.0. The van der Waals surface area contributed by atoms with E-state index in [-0.39, 0.29) is 6.61 Å². The molecule has 0 aliphatic rings. The Balaban J connectivity index is 3.26. The minimum absolute atomic E-state index is 0.320. The van der Waals surface area contributed by atoms with Gasteiger partial charge in [-0.25, -0.2) is 4.79 Å². The zero-order valence-electron chi connectivity index (χ0n) is 11.3. The van der Waals surface area contributed by atoms with Gasteiger partial charge in [-0.15, -0.1) is 0 Å². The van der Waals surface area contributed by atoms with E-state index in [1.54, 1.807) is 0 Å². The lowest BCUT2D eigenvalue weighted by Crippen LogP contribution is -2.50. The predicted molar refractivity (Wildman–Crippen MR) is 64.2 cm³/mol. The molecule has 1 aromatic carbocycles. The first kappa shape index (κ1) is 17.2. The monoisotopic (exact) mass is 310 g/mol. The number of carbonyl (C=O) groups is 1. The van der Waals surface area contributed by atoms with Crippen molar-refractivity contribution in [3.8, 4) is 5.75 Å². The van der Waals surface area contributed by atoms with Crippen LogP contribution in [0.5, 0.6) is 5.75 Å². The molecule has 1 unspecified atom stereocenters. The smallest absolute Gasteiger partial charge is 0.387 e. The Kier molecular flexibility index (Phi) is 5.16. The number of alkyl halides is 4. The SMILES string of the molecule is CCOC(=O)C(F)(F)C(C)(O)c1ccccc1OC(F)F. The van der Waals surface area contributed by atoms with Crippen molar-refractivity contribution >= 4 is 5.97 Å². The van der Waals surface area contributed by atoms with Crippen LogP contribution in [0.2, 0.25) is 0 Å². The second kappa shape index (κ2) is 6.30. The molecular formula is C13H14F4O4. The van der Waals surface area contributed by atoms with E-state index < -0.39 is 35.4 Å². The van der Waals surface area contributed by atoms with Crippen molar-refractivity contribution < 1.29 is 36.9 Å². The van der Waals surface area contributed by atoms with Crippen molar-refractivity contribution in [2.24, 2.45) is 0 Å². The number of hydrogen-bond donors (Lipinski definition) is 1. The maximum atomic E-state index is 14.0. The Labute approximate surface area is 118 Å². The van der Waals surface area contributed by atoms with Gasteiger partial charge in [-0.05, 0) is 19.9 Å². The van der Waals surface area contributed by atoms with Crippen molar-refractivity contribution in [1.29, 1.82) is 0 Å². The number of para-hydroxylation sites is 1. The van der Waals surface area contributed by atoms with E-state index in [4.69, 9.17) is 0 Å². The van der Waals surface area contributed by atoms with Crippen LogP contribution in [0.3, 0.4) is 0 Å². The lowest BCUT2D eigenvalue weighted by molar-refractivity contribution is -0.213. The molecule has 0 aromatic heterocycles. The number of halogens is 4. The van der Waals surface area contributed by atoms with Crippen LogP contribution in [0.25, 0.3) is 0 Å². The van der Waals surface area contributed by atoms with Gasteiger partial charge in [0, 0.05) is 5.56 Å². The second-order valence-electron chi connectivity index (χ2n) is 4.24. The highest BCUT2D eigenvalue weighted by Crippen LogP contribution is 2.42. The van der Waals surface area contributed by atoms with Crippen molar-refractivity contribution in [2.45, 2.75) is 32.0 Å². The average Bonchev–Trinajstić information content (AvgIpc) is 2.38. The van der Waals surface area contributed by atoms with Gasteiger partial charge in [-0.2, -0.15) is 17.6 Å². The summed E-state index contributed by atoms with van der Waals surface area (Å²) in [6, 6.07) is 4.45. The summed E-state index contributed by atoms with van der Waals surface area (Å²) in [6.45, 7) is -1.65. The first-order valence-electron chi connectivity index (χ1n) is 5.96. The summed E-state index contributed by atoms with van der Waals surface area (Å²) in [6.07, 6.45) is 0. The largest absolute Gasteiger partial charge is 0.461 e. The molecule has 0 aliphatic heterocycles. The fraction of sp³-hybridized carbons (Fsp3) is 0.462. The van der Waals surface area contributed by atoms with E-state index in [0.717, 1.165) is 12.1 Å². The number of aliphatic hydroxyl groups is 1. The third-order valence-electron chi connectivity index (χ3n) is 2.77. The Morgan fingerprint density at radius 1 is 1.33 bits per heavy atom. The van der Waals surface area contributed by atoms with E-state index in [1.165, 1.54) is 19.1 Å². The predicted octanol–water partition coefficient (Wildman–Crippen LogP) is 2.69.